The molecular formula is C18H22FN3. The summed E-state index contributed by atoms with van der Waals surface area (Å²) in [7, 11) is 0. The predicted molar refractivity (Wildman–Crippen MR) is 88.2 cm³/mol. The van der Waals surface area contributed by atoms with Crippen LogP contribution in [-0.4, -0.2) is 24.6 Å². The summed E-state index contributed by atoms with van der Waals surface area (Å²) < 4.78 is 13.0. The maximum Gasteiger partial charge on any atom is 0.129 e. The Bertz CT molecular complexity index is 604. The third-order valence-corrected chi connectivity index (χ3v) is 4.39. The van der Waals surface area contributed by atoms with Crippen molar-refractivity contribution in [3.05, 3.63) is 48.3 Å². The molecule has 1 aliphatic rings. The number of nitrogens with two attached hydrogens (primary N) is 1. The third kappa shape index (κ3) is 3.45. The maximum absolute atomic E-state index is 13.0. The highest BCUT2D eigenvalue weighted by atomic mass is 19.1. The number of rotatable bonds is 4. The van der Waals surface area contributed by atoms with Gasteiger partial charge in [0, 0.05) is 18.7 Å². The summed E-state index contributed by atoms with van der Waals surface area (Å²) >= 11 is 0. The first-order valence-corrected chi connectivity index (χ1v) is 7.94. The van der Waals surface area contributed by atoms with Gasteiger partial charge in [0.25, 0.3) is 0 Å². The fourth-order valence-electron chi connectivity index (χ4n) is 3.07. The van der Waals surface area contributed by atoms with E-state index in [1.54, 1.807) is 12.1 Å². The monoisotopic (exact) mass is 299 g/mol. The van der Waals surface area contributed by atoms with Crippen molar-refractivity contribution in [1.29, 1.82) is 0 Å². The van der Waals surface area contributed by atoms with E-state index in [2.05, 4.69) is 11.0 Å². The lowest BCUT2D eigenvalue weighted by atomic mass is 9.93. The van der Waals surface area contributed by atoms with E-state index in [4.69, 9.17) is 10.7 Å². The molecule has 0 aliphatic carbocycles. The van der Waals surface area contributed by atoms with Crippen molar-refractivity contribution >= 4 is 5.82 Å². The number of hydrogen-bond donors (Lipinski definition) is 1. The van der Waals surface area contributed by atoms with Gasteiger partial charge in [0.15, 0.2) is 0 Å². The van der Waals surface area contributed by atoms with Crippen molar-refractivity contribution in [2.45, 2.75) is 19.3 Å². The van der Waals surface area contributed by atoms with Crippen LogP contribution in [0.1, 0.15) is 19.3 Å². The molecule has 3 nitrogen and oxygen atoms in total. The Labute approximate surface area is 131 Å². The van der Waals surface area contributed by atoms with Crippen LogP contribution >= 0.6 is 0 Å². The number of nitrogens with zero attached hydrogens (tertiary/aromatic N) is 2. The molecule has 116 valence electrons. The number of anilines is 1. The van der Waals surface area contributed by atoms with Crippen LogP contribution in [-0.2, 0) is 0 Å². The Kier molecular flexibility index (Phi) is 4.68. The van der Waals surface area contributed by atoms with Crippen molar-refractivity contribution in [2.24, 2.45) is 11.7 Å². The van der Waals surface area contributed by atoms with E-state index in [1.165, 1.54) is 25.0 Å². The molecule has 1 aromatic carbocycles. The molecule has 3 rings (SSSR count). The van der Waals surface area contributed by atoms with Gasteiger partial charge in [-0.3, -0.25) is 0 Å². The van der Waals surface area contributed by atoms with Crippen LogP contribution in [0.25, 0.3) is 11.3 Å². The van der Waals surface area contributed by atoms with E-state index < -0.39 is 0 Å². The minimum absolute atomic E-state index is 0.220. The maximum atomic E-state index is 13.0. The third-order valence-electron chi connectivity index (χ3n) is 4.39. The Morgan fingerprint density at radius 1 is 1.09 bits per heavy atom. The lowest BCUT2D eigenvalue weighted by Crippen LogP contribution is -2.34. The highest BCUT2D eigenvalue weighted by Gasteiger charge is 2.19. The molecule has 0 radical (unpaired) electrons. The van der Waals surface area contributed by atoms with Crippen molar-refractivity contribution in [2.75, 3.05) is 24.5 Å². The summed E-state index contributed by atoms with van der Waals surface area (Å²) in [6.45, 7) is 2.85. The minimum Gasteiger partial charge on any atom is -0.357 e. The van der Waals surface area contributed by atoms with E-state index in [9.17, 15) is 4.39 Å². The first-order chi connectivity index (χ1) is 10.8. The summed E-state index contributed by atoms with van der Waals surface area (Å²) in [4.78, 5) is 7.08. The van der Waals surface area contributed by atoms with Gasteiger partial charge >= 0.3 is 0 Å². The van der Waals surface area contributed by atoms with Gasteiger partial charge in [-0.25, -0.2) is 9.37 Å². The zero-order valence-corrected chi connectivity index (χ0v) is 12.7. The first-order valence-electron chi connectivity index (χ1n) is 7.94. The molecule has 1 fully saturated rings. The van der Waals surface area contributed by atoms with Crippen LogP contribution in [0.3, 0.4) is 0 Å². The SMILES string of the molecule is NCCC1CCN(c2cccc(-c3ccc(F)cc3)n2)CC1. The standard InChI is InChI=1S/C18H22FN3/c19-16-6-4-15(5-7-16)17-2-1-3-18(21-17)22-12-9-14(8-11-20)10-13-22/h1-7,14H,8-13,20H2. The van der Waals surface area contributed by atoms with Gasteiger partial charge in [-0.15, -0.1) is 0 Å². The van der Waals surface area contributed by atoms with Crippen LogP contribution in [0.4, 0.5) is 10.2 Å². The molecule has 0 atom stereocenters. The van der Waals surface area contributed by atoms with Crippen LogP contribution < -0.4 is 10.6 Å². The number of piperidine rings is 1. The second kappa shape index (κ2) is 6.88. The Balaban J connectivity index is 1.73. The van der Waals surface area contributed by atoms with Gasteiger partial charge in [-0.05, 0) is 68.1 Å². The largest absolute Gasteiger partial charge is 0.357 e. The van der Waals surface area contributed by atoms with Crippen LogP contribution in [0.15, 0.2) is 42.5 Å². The molecule has 0 spiro atoms. The van der Waals surface area contributed by atoms with Crippen LogP contribution in [0.2, 0.25) is 0 Å². The van der Waals surface area contributed by atoms with E-state index in [0.29, 0.717) is 0 Å². The van der Waals surface area contributed by atoms with Crippen molar-refractivity contribution in [3.63, 3.8) is 0 Å². The zero-order valence-electron chi connectivity index (χ0n) is 12.7. The summed E-state index contributed by atoms with van der Waals surface area (Å²) in [5.74, 6) is 1.54. The fourth-order valence-corrected chi connectivity index (χ4v) is 3.07. The number of aromatic nitrogens is 1. The number of pyridine rings is 1. The molecule has 2 heterocycles. The fraction of sp³-hybridized carbons (Fsp3) is 0.389. The Morgan fingerprint density at radius 3 is 2.50 bits per heavy atom. The van der Waals surface area contributed by atoms with Gasteiger partial charge in [0.05, 0.1) is 5.69 Å². The lowest BCUT2D eigenvalue weighted by molar-refractivity contribution is 0.385. The summed E-state index contributed by atoms with van der Waals surface area (Å²) in [5.41, 5.74) is 7.48. The molecule has 0 saturated carbocycles. The highest BCUT2D eigenvalue weighted by Crippen LogP contribution is 2.26. The van der Waals surface area contributed by atoms with Gasteiger partial charge in [-0.1, -0.05) is 6.07 Å². The van der Waals surface area contributed by atoms with Gasteiger partial charge in [0.1, 0.15) is 11.6 Å². The van der Waals surface area contributed by atoms with Crippen LogP contribution in [0, 0.1) is 11.7 Å². The van der Waals surface area contributed by atoms with Gasteiger partial charge < -0.3 is 10.6 Å². The highest BCUT2D eigenvalue weighted by molar-refractivity contribution is 5.61. The van der Waals surface area contributed by atoms with Crippen molar-refractivity contribution in [3.8, 4) is 11.3 Å². The number of hydrogen-bond acceptors (Lipinski definition) is 3. The average Bonchev–Trinajstić information content (AvgIpc) is 2.57. The summed E-state index contributed by atoms with van der Waals surface area (Å²) in [6, 6.07) is 12.5. The van der Waals surface area contributed by atoms with E-state index in [0.717, 1.165) is 49.0 Å². The molecule has 4 heteroatoms. The molecule has 2 N–H and O–H groups in total. The average molecular weight is 299 g/mol. The second-order valence-corrected chi connectivity index (χ2v) is 5.90. The minimum atomic E-state index is -0.220. The smallest absolute Gasteiger partial charge is 0.129 e. The molecule has 1 aromatic heterocycles. The number of halogens is 1. The van der Waals surface area contributed by atoms with Crippen molar-refractivity contribution in [1.82, 2.24) is 4.98 Å². The molecule has 0 amide bonds. The predicted octanol–water partition coefficient (Wildman–Crippen LogP) is 3.45. The molecule has 22 heavy (non-hydrogen) atoms. The van der Waals surface area contributed by atoms with E-state index in [-0.39, 0.29) is 5.82 Å². The lowest BCUT2D eigenvalue weighted by Gasteiger charge is -2.32. The Hall–Kier alpha value is -1.94. The molecule has 1 saturated heterocycles. The molecule has 1 aliphatic heterocycles. The second-order valence-electron chi connectivity index (χ2n) is 5.90. The van der Waals surface area contributed by atoms with E-state index >= 15 is 0 Å². The zero-order chi connectivity index (χ0) is 15.4. The molecule has 2 aromatic rings. The molecular weight excluding hydrogens is 277 g/mol. The van der Waals surface area contributed by atoms with Crippen molar-refractivity contribution < 1.29 is 4.39 Å². The molecule has 0 bridgehead atoms. The first kappa shape index (κ1) is 15.0. The molecule has 0 unspecified atom stereocenters. The number of benzene rings is 1. The normalized spacial score (nSPS) is 16.0. The summed E-state index contributed by atoms with van der Waals surface area (Å²) in [5, 5.41) is 0. The summed E-state index contributed by atoms with van der Waals surface area (Å²) in [6.07, 6.45) is 3.48. The van der Waals surface area contributed by atoms with Gasteiger partial charge in [0.2, 0.25) is 0 Å². The van der Waals surface area contributed by atoms with E-state index in [1.807, 2.05) is 12.1 Å². The topological polar surface area (TPSA) is 42.1 Å². The Morgan fingerprint density at radius 2 is 1.82 bits per heavy atom. The van der Waals surface area contributed by atoms with Gasteiger partial charge in [-0.2, -0.15) is 0 Å². The van der Waals surface area contributed by atoms with Crippen LogP contribution in [0.5, 0.6) is 0 Å². The quantitative estimate of drug-likeness (QED) is 0.940.